The second-order valence-corrected chi connectivity index (χ2v) is 5.73. The zero-order chi connectivity index (χ0) is 16.1. The summed E-state index contributed by atoms with van der Waals surface area (Å²) in [5.41, 5.74) is -1.33. The van der Waals surface area contributed by atoms with Gasteiger partial charge in [-0.15, -0.1) is 11.8 Å². The Hall–Kier alpha value is -1.17. The minimum Gasteiger partial charge on any atom is -0.394 e. The third kappa shape index (κ3) is 3.97. The highest BCUT2D eigenvalue weighted by molar-refractivity contribution is 7.99. The van der Waals surface area contributed by atoms with Gasteiger partial charge in [0.25, 0.3) is 5.56 Å². The molecule has 2 saturated heterocycles. The summed E-state index contributed by atoms with van der Waals surface area (Å²) in [7, 11) is 0. The Morgan fingerprint density at radius 2 is 2.14 bits per heavy atom. The average Bonchev–Trinajstić information content (AvgIpc) is 3.14. The number of aromatic nitrogens is 2. The second-order valence-electron chi connectivity index (χ2n) is 4.68. The molecule has 1 aromatic rings. The number of aliphatic hydroxyl groups excluding tert-OH is 3. The van der Waals surface area contributed by atoms with Crippen LogP contribution in [0.3, 0.4) is 0 Å². The Balaban J connectivity index is 0.000000299. The topological polar surface area (TPSA) is 134 Å². The van der Waals surface area contributed by atoms with Crippen LogP contribution >= 0.6 is 11.8 Å². The van der Waals surface area contributed by atoms with Crippen molar-refractivity contribution in [1.82, 2.24) is 9.55 Å². The Morgan fingerprint density at radius 3 is 2.59 bits per heavy atom. The lowest BCUT2D eigenvalue weighted by atomic mass is 10.1. The molecule has 22 heavy (non-hydrogen) atoms. The van der Waals surface area contributed by atoms with Crippen molar-refractivity contribution in [2.24, 2.45) is 0 Å². The third-order valence-corrected chi connectivity index (χ3v) is 3.97. The van der Waals surface area contributed by atoms with Crippen LogP contribution in [0, 0.1) is 0 Å². The molecule has 0 aliphatic carbocycles. The van der Waals surface area contributed by atoms with E-state index in [2.05, 4.69) is 0 Å². The summed E-state index contributed by atoms with van der Waals surface area (Å²) in [5, 5.41) is 28.1. The predicted molar refractivity (Wildman–Crippen MR) is 77.6 cm³/mol. The first-order chi connectivity index (χ1) is 10.5. The quantitative estimate of drug-likeness (QED) is 0.481. The fourth-order valence-electron chi connectivity index (χ4n) is 2.03. The van der Waals surface area contributed by atoms with Crippen molar-refractivity contribution in [1.29, 1.82) is 0 Å². The van der Waals surface area contributed by atoms with Crippen LogP contribution in [0.25, 0.3) is 0 Å². The molecule has 1 aromatic heterocycles. The Kier molecular flexibility index (Phi) is 6.17. The van der Waals surface area contributed by atoms with Gasteiger partial charge in [-0.05, 0) is 0 Å². The van der Waals surface area contributed by atoms with Crippen molar-refractivity contribution in [3.8, 4) is 0 Å². The van der Waals surface area contributed by atoms with Gasteiger partial charge in [-0.25, -0.2) is 4.79 Å². The number of H-pyrrole nitrogens is 1. The molecule has 0 radical (unpaired) electrons. The van der Waals surface area contributed by atoms with E-state index in [1.54, 1.807) is 0 Å². The third-order valence-electron chi connectivity index (χ3n) is 3.18. The van der Waals surface area contributed by atoms with Crippen molar-refractivity contribution < 1.29 is 24.8 Å². The highest BCUT2D eigenvalue weighted by atomic mass is 32.2. The number of rotatable bonds is 2. The van der Waals surface area contributed by atoms with Crippen LogP contribution in [-0.2, 0) is 9.47 Å². The Morgan fingerprint density at radius 1 is 1.36 bits per heavy atom. The van der Waals surface area contributed by atoms with E-state index >= 15 is 0 Å². The van der Waals surface area contributed by atoms with Gasteiger partial charge in [-0.3, -0.25) is 14.3 Å². The molecule has 124 valence electrons. The molecule has 2 aliphatic rings. The van der Waals surface area contributed by atoms with Gasteiger partial charge >= 0.3 is 5.69 Å². The molecular formula is C12H18N2O7S. The SMILES string of the molecule is C1CSCO1.O=c1ccn([C@@H]2O[C@H](CO)[C@@H](O)[C@H]2O)c(=O)[nH]1. The summed E-state index contributed by atoms with van der Waals surface area (Å²) >= 11 is 1.85. The average molecular weight is 334 g/mol. The van der Waals surface area contributed by atoms with E-state index in [9.17, 15) is 19.8 Å². The lowest BCUT2D eigenvalue weighted by molar-refractivity contribution is -0.0550. The highest BCUT2D eigenvalue weighted by Gasteiger charge is 2.43. The molecule has 3 heterocycles. The van der Waals surface area contributed by atoms with Gasteiger partial charge in [-0.2, -0.15) is 0 Å². The lowest BCUT2D eigenvalue weighted by Gasteiger charge is -2.16. The zero-order valence-corrected chi connectivity index (χ0v) is 12.4. The highest BCUT2D eigenvalue weighted by Crippen LogP contribution is 2.27. The predicted octanol–water partition coefficient (Wildman–Crippen LogP) is -2.14. The van der Waals surface area contributed by atoms with Gasteiger partial charge in [0, 0.05) is 18.0 Å². The van der Waals surface area contributed by atoms with Crippen LogP contribution < -0.4 is 11.2 Å². The summed E-state index contributed by atoms with van der Waals surface area (Å²) < 4.78 is 11.0. The summed E-state index contributed by atoms with van der Waals surface area (Å²) in [6.07, 6.45) is -3.58. The van der Waals surface area contributed by atoms with E-state index in [0.29, 0.717) is 0 Å². The Labute approximate surface area is 129 Å². The van der Waals surface area contributed by atoms with Crippen LogP contribution in [-0.4, -0.2) is 68.1 Å². The maximum Gasteiger partial charge on any atom is 0.330 e. The van der Waals surface area contributed by atoms with Crippen LogP contribution in [0.5, 0.6) is 0 Å². The number of nitrogens with one attached hydrogen (secondary N) is 1. The Bertz CT molecular complexity index is 578. The number of hydrogen-bond acceptors (Lipinski definition) is 8. The van der Waals surface area contributed by atoms with Crippen LogP contribution in [0.1, 0.15) is 6.23 Å². The smallest absolute Gasteiger partial charge is 0.330 e. The largest absolute Gasteiger partial charge is 0.394 e. The fraction of sp³-hybridized carbons (Fsp3) is 0.667. The van der Waals surface area contributed by atoms with E-state index < -0.39 is 42.4 Å². The number of ether oxygens (including phenoxy) is 2. The van der Waals surface area contributed by atoms with E-state index in [-0.39, 0.29) is 0 Å². The molecule has 3 rings (SSSR count). The molecule has 4 N–H and O–H groups in total. The number of nitrogens with zero attached hydrogens (tertiary/aromatic N) is 1. The molecule has 2 fully saturated rings. The summed E-state index contributed by atoms with van der Waals surface area (Å²) in [6.45, 7) is 0.484. The fourth-order valence-corrected chi connectivity index (χ4v) is 2.62. The van der Waals surface area contributed by atoms with E-state index in [4.69, 9.17) is 14.6 Å². The normalized spacial score (nSPS) is 30.9. The lowest BCUT2D eigenvalue weighted by Crippen LogP contribution is -2.37. The van der Waals surface area contributed by atoms with Crippen molar-refractivity contribution in [2.45, 2.75) is 24.5 Å². The molecule has 2 aliphatic heterocycles. The second kappa shape index (κ2) is 7.90. The number of thioether (sulfide) groups is 1. The van der Waals surface area contributed by atoms with Gasteiger partial charge < -0.3 is 24.8 Å². The summed E-state index contributed by atoms with van der Waals surface area (Å²) in [4.78, 5) is 24.3. The molecule has 9 nitrogen and oxygen atoms in total. The number of aromatic amines is 1. The van der Waals surface area contributed by atoms with Crippen LogP contribution in [0.15, 0.2) is 21.9 Å². The van der Waals surface area contributed by atoms with Gasteiger partial charge in [0.1, 0.15) is 18.3 Å². The molecule has 0 spiro atoms. The maximum absolute atomic E-state index is 11.4. The molecule has 4 atom stereocenters. The number of aliphatic hydroxyl groups is 3. The minimum atomic E-state index is -1.35. The van der Waals surface area contributed by atoms with Crippen molar-refractivity contribution in [3.05, 3.63) is 33.1 Å². The molecular weight excluding hydrogens is 316 g/mol. The van der Waals surface area contributed by atoms with E-state index in [1.165, 1.54) is 5.75 Å². The van der Waals surface area contributed by atoms with Crippen LogP contribution in [0.4, 0.5) is 0 Å². The molecule has 0 amide bonds. The maximum atomic E-state index is 11.4. The van der Waals surface area contributed by atoms with Crippen molar-refractivity contribution in [3.63, 3.8) is 0 Å². The number of hydrogen-bond donors (Lipinski definition) is 4. The van der Waals surface area contributed by atoms with E-state index in [0.717, 1.165) is 29.4 Å². The molecule has 0 saturated carbocycles. The first-order valence-electron chi connectivity index (χ1n) is 6.64. The van der Waals surface area contributed by atoms with Gasteiger partial charge in [0.2, 0.25) is 0 Å². The minimum absolute atomic E-state index is 0.479. The molecule has 10 heteroatoms. The van der Waals surface area contributed by atoms with Gasteiger partial charge in [-0.1, -0.05) is 0 Å². The monoisotopic (exact) mass is 334 g/mol. The summed E-state index contributed by atoms with van der Waals surface area (Å²) in [5.74, 6) is 2.11. The first kappa shape index (κ1) is 17.2. The van der Waals surface area contributed by atoms with Crippen LogP contribution in [0.2, 0.25) is 0 Å². The first-order valence-corrected chi connectivity index (χ1v) is 7.79. The van der Waals surface area contributed by atoms with Crippen molar-refractivity contribution in [2.75, 3.05) is 24.9 Å². The van der Waals surface area contributed by atoms with E-state index in [1.807, 2.05) is 16.7 Å². The van der Waals surface area contributed by atoms with Gasteiger partial charge in [0.05, 0.1) is 19.2 Å². The molecule has 0 unspecified atom stereocenters. The standard InChI is InChI=1S/C9H12N2O6.C3H6OS/c12-3-4-6(14)7(15)8(17-4)11-2-1-5(13)10-9(11)16;1-2-5-3-4-1/h1-2,4,6-8,12,14-15H,3H2,(H,10,13,16);1-3H2/t4-,6-,7-,8-;/m1./s1. The molecule has 0 aromatic carbocycles. The van der Waals surface area contributed by atoms with Crippen molar-refractivity contribution >= 4 is 11.8 Å². The van der Waals surface area contributed by atoms with Gasteiger partial charge in [0.15, 0.2) is 6.23 Å². The molecule has 0 bridgehead atoms. The summed E-state index contributed by atoms with van der Waals surface area (Å²) in [6, 6.07) is 1.09. The zero-order valence-electron chi connectivity index (χ0n) is 11.6.